The molecule has 0 radical (unpaired) electrons. The molecule has 0 saturated heterocycles. The SMILES string of the molecule is CC(C)c1ccc(OCC2CC2C(=O)O)cc1. The molecule has 1 N–H and O–H groups in total. The van der Waals surface area contributed by atoms with Crippen molar-refractivity contribution in [2.75, 3.05) is 6.61 Å². The van der Waals surface area contributed by atoms with E-state index in [4.69, 9.17) is 9.84 Å². The minimum atomic E-state index is -0.700. The Morgan fingerprint density at radius 2 is 2.06 bits per heavy atom. The molecular weight excluding hydrogens is 216 g/mol. The van der Waals surface area contributed by atoms with Crippen LogP contribution in [0.3, 0.4) is 0 Å². The molecule has 1 aliphatic carbocycles. The second kappa shape index (κ2) is 4.78. The lowest BCUT2D eigenvalue weighted by Crippen LogP contribution is -2.06. The van der Waals surface area contributed by atoms with Gasteiger partial charge in [-0.05, 0) is 30.0 Å². The topological polar surface area (TPSA) is 46.5 Å². The maximum absolute atomic E-state index is 10.6. The van der Waals surface area contributed by atoms with Gasteiger partial charge in [-0.2, -0.15) is 0 Å². The first-order chi connectivity index (χ1) is 8.08. The lowest BCUT2D eigenvalue weighted by molar-refractivity contribution is -0.138. The summed E-state index contributed by atoms with van der Waals surface area (Å²) in [6.07, 6.45) is 0.749. The number of benzene rings is 1. The number of rotatable bonds is 5. The summed E-state index contributed by atoms with van der Waals surface area (Å²) in [5.74, 6) is 0.644. The van der Waals surface area contributed by atoms with Crippen LogP contribution in [0.1, 0.15) is 31.7 Å². The van der Waals surface area contributed by atoms with Crippen molar-refractivity contribution in [2.24, 2.45) is 11.8 Å². The molecule has 0 spiro atoms. The van der Waals surface area contributed by atoms with Crippen molar-refractivity contribution in [3.05, 3.63) is 29.8 Å². The quantitative estimate of drug-likeness (QED) is 0.852. The lowest BCUT2D eigenvalue weighted by Gasteiger charge is -2.08. The fraction of sp³-hybridized carbons (Fsp3) is 0.500. The highest BCUT2D eigenvalue weighted by Gasteiger charge is 2.43. The minimum Gasteiger partial charge on any atom is -0.493 e. The van der Waals surface area contributed by atoms with Gasteiger partial charge in [-0.15, -0.1) is 0 Å². The summed E-state index contributed by atoms with van der Waals surface area (Å²) in [4.78, 5) is 10.6. The van der Waals surface area contributed by atoms with Crippen LogP contribution in [0.4, 0.5) is 0 Å². The van der Waals surface area contributed by atoms with Crippen molar-refractivity contribution in [1.82, 2.24) is 0 Å². The zero-order valence-corrected chi connectivity index (χ0v) is 10.2. The second-order valence-corrected chi connectivity index (χ2v) is 4.98. The van der Waals surface area contributed by atoms with E-state index in [2.05, 4.69) is 26.0 Å². The van der Waals surface area contributed by atoms with E-state index >= 15 is 0 Å². The summed E-state index contributed by atoms with van der Waals surface area (Å²) in [7, 11) is 0. The monoisotopic (exact) mass is 234 g/mol. The molecule has 3 nitrogen and oxygen atoms in total. The molecule has 1 aliphatic rings. The minimum absolute atomic E-state index is 0.190. The number of carboxylic acids is 1. The molecule has 0 aliphatic heterocycles. The maximum Gasteiger partial charge on any atom is 0.306 e. The van der Waals surface area contributed by atoms with Crippen molar-refractivity contribution in [3.63, 3.8) is 0 Å². The molecule has 0 bridgehead atoms. The third kappa shape index (κ3) is 2.99. The van der Waals surface area contributed by atoms with Crippen LogP contribution in [0.25, 0.3) is 0 Å². The number of carboxylic acid groups (broad SMARTS) is 1. The van der Waals surface area contributed by atoms with Gasteiger partial charge in [0.15, 0.2) is 0 Å². The normalized spacial score (nSPS) is 22.5. The molecule has 17 heavy (non-hydrogen) atoms. The van der Waals surface area contributed by atoms with Crippen LogP contribution in [0.2, 0.25) is 0 Å². The Kier molecular flexibility index (Phi) is 3.36. The zero-order valence-electron chi connectivity index (χ0n) is 10.2. The Hall–Kier alpha value is -1.51. The van der Waals surface area contributed by atoms with Crippen LogP contribution in [0.15, 0.2) is 24.3 Å². The van der Waals surface area contributed by atoms with Crippen LogP contribution >= 0.6 is 0 Å². The van der Waals surface area contributed by atoms with Crippen LogP contribution in [0, 0.1) is 11.8 Å². The van der Waals surface area contributed by atoms with Gasteiger partial charge in [0.05, 0.1) is 12.5 Å². The van der Waals surface area contributed by atoms with E-state index in [1.807, 2.05) is 12.1 Å². The lowest BCUT2D eigenvalue weighted by atomic mass is 10.0. The highest BCUT2D eigenvalue weighted by molar-refractivity contribution is 5.73. The first kappa shape index (κ1) is 12.0. The molecule has 1 aromatic rings. The smallest absolute Gasteiger partial charge is 0.306 e. The van der Waals surface area contributed by atoms with Gasteiger partial charge in [0.2, 0.25) is 0 Å². The van der Waals surface area contributed by atoms with E-state index < -0.39 is 5.97 Å². The van der Waals surface area contributed by atoms with E-state index in [-0.39, 0.29) is 11.8 Å². The summed E-state index contributed by atoms with van der Waals surface area (Å²) in [5, 5.41) is 8.76. The summed E-state index contributed by atoms with van der Waals surface area (Å²) in [5.41, 5.74) is 1.28. The first-order valence-corrected chi connectivity index (χ1v) is 6.03. The first-order valence-electron chi connectivity index (χ1n) is 6.03. The molecule has 2 rings (SSSR count). The molecule has 1 saturated carbocycles. The molecule has 0 aromatic heterocycles. The van der Waals surface area contributed by atoms with E-state index in [1.165, 1.54) is 5.56 Å². The van der Waals surface area contributed by atoms with Gasteiger partial charge in [-0.25, -0.2) is 0 Å². The van der Waals surface area contributed by atoms with Gasteiger partial charge in [-0.1, -0.05) is 26.0 Å². The second-order valence-electron chi connectivity index (χ2n) is 4.98. The number of ether oxygens (including phenoxy) is 1. The fourth-order valence-corrected chi connectivity index (χ4v) is 1.89. The summed E-state index contributed by atoms with van der Waals surface area (Å²) < 4.78 is 5.58. The molecule has 1 fully saturated rings. The molecule has 2 atom stereocenters. The van der Waals surface area contributed by atoms with Gasteiger partial charge >= 0.3 is 5.97 Å². The number of hydrogen-bond acceptors (Lipinski definition) is 2. The van der Waals surface area contributed by atoms with Crippen molar-refractivity contribution in [3.8, 4) is 5.75 Å². The third-order valence-corrected chi connectivity index (χ3v) is 3.25. The molecular formula is C14H18O3. The Labute approximate surface area is 101 Å². The molecule has 3 heteroatoms. The highest BCUT2D eigenvalue weighted by atomic mass is 16.5. The van der Waals surface area contributed by atoms with Crippen LogP contribution in [0.5, 0.6) is 5.75 Å². The Bertz CT molecular complexity index is 394. The van der Waals surface area contributed by atoms with Crippen LogP contribution in [-0.2, 0) is 4.79 Å². The standard InChI is InChI=1S/C14H18O3/c1-9(2)10-3-5-12(6-4-10)17-8-11-7-13(11)14(15)16/h3-6,9,11,13H,7-8H2,1-2H3,(H,15,16). The van der Waals surface area contributed by atoms with Crippen LogP contribution in [-0.4, -0.2) is 17.7 Å². The Morgan fingerprint density at radius 1 is 1.41 bits per heavy atom. The van der Waals surface area contributed by atoms with E-state index in [9.17, 15) is 4.79 Å². The third-order valence-electron chi connectivity index (χ3n) is 3.25. The van der Waals surface area contributed by atoms with Crippen molar-refractivity contribution >= 4 is 5.97 Å². The summed E-state index contributed by atoms with van der Waals surface area (Å²) in [6.45, 7) is 4.81. The van der Waals surface area contributed by atoms with Crippen molar-refractivity contribution in [1.29, 1.82) is 0 Å². The van der Waals surface area contributed by atoms with Crippen LogP contribution < -0.4 is 4.74 Å². The maximum atomic E-state index is 10.6. The van der Waals surface area contributed by atoms with E-state index in [1.54, 1.807) is 0 Å². The van der Waals surface area contributed by atoms with Gasteiger partial charge in [0.25, 0.3) is 0 Å². The molecule has 92 valence electrons. The van der Waals surface area contributed by atoms with E-state index in [0.29, 0.717) is 12.5 Å². The predicted octanol–water partition coefficient (Wildman–Crippen LogP) is 2.91. The largest absolute Gasteiger partial charge is 0.493 e. The average Bonchev–Trinajstić information content (AvgIpc) is 3.06. The fourth-order valence-electron chi connectivity index (χ4n) is 1.89. The number of aliphatic carboxylic acids is 1. The van der Waals surface area contributed by atoms with Crippen molar-refractivity contribution in [2.45, 2.75) is 26.2 Å². The molecule has 0 heterocycles. The molecule has 0 amide bonds. The van der Waals surface area contributed by atoms with E-state index in [0.717, 1.165) is 12.2 Å². The van der Waals surface area contributed by atoms with Gasteiger partial charge in [0, 0.05) is 5.92 Å². The highest BCUT2D eigenvalue weighted by Crippen LogP contribution is 2.38. The summed E-state index contributed by atoms with van der Waals surface area (Å²) in [6, 6.07) is 8.02. The Balaban J connectivity index is 1.82. The van der Waals surface area contributed by atoms with Gasteiger partial charge in [-0.3, -0.25) is 4.79 Å². The summed E-state index contributed by atoms with van der Waals surface area (Å²) >= 11 is 0. The average molecular weight is 234 g/mol. The van der Waals surface area contributed by atoms with Crippen molar-refractivity contribution < 1.29 is 14.6 Å². The zero-order chi connectivity index (χ0) is 12.4. The number of carbonyl (C=O) groups is 1. The molecule has 2 unspecified atom stereocenters. The van der Waals surface area contributed by atoms with Gasteiger partial charge in [0.1, 0.15) is 5.75 Å². The van der Waals surface area contributed by atoms with Gasteiger partial charge < -0.3 is 9.84 Å². The molecule has 1 aromatic carbocycles. The number of hydrogen-bond donors (Lipinski definition) is 1. The Morgan fingerprint density at radius 3 is 2.53 bits per heavy atom. The predicted molar refractivity (Wildman–Crippen MR) is 65.3 cm³/mol.